The predicted octanol–water partition coefficient (Wildman–Crippen LogP) is 3.08. The quantitative estimate of drug-likeness (QED) is 0.794. The summed E-state index contributed by atoms with van der Waals surface area (Å²) in [6.07, 6.45) is 0. The van der Waals surface area contributed by atoms with Crippen molar-refractivity contribution in [2.45, 2.75) is 0 Å². The number of hydrogen-bond acceptors (Lipinski definition) is 4. The second-order valence-electron chi connectivity index (χ2n) is 4.22. The highest BCUT2D eigenvalue weighted by atomic mass is 19.1. The molecular weight excluding hydrogens is 275 g/mol. The molecule has 2 aromatic rings. The van der Waals surface area contributed by atoms with Gasteiger partial charge >= 0.3 is 0 Å². The molecule has 21 heavy (non-hydrogen) atoms. The summed E-state index contributed by atoms with van der Waals surface area (Å²) in [6, 6.07) is 9.11. The standard InChI is InChI=1S/C16H15FO4/c1-19-12-8-7-10(9-14(12)21-3)16(18)11-5-4-6-13(20-2)15(11)17/h4-9H,1-3H3. The van der Waals surface area contributed by atoms with Gasteiger partial charge in [0.05, 0.1) is 26.9 Å². The summed E-state index contributed by atoms with van der Waals surface area (Å²) in [7, 11) is 4.32. The number of benzene rings is 2. The van der Waals surface area contributed by atoms with E-state index in [4.69, 9.17) is 14.2 Å². The molecule has 0 saturated carbocycles. The lowest BCUT2D eigenvalue weighted by atomic mass is 10.0. The van der Waals surface area contributed by atoms with Gasteiger partial charge in [-0.1, -0.05) is 6.07 Å². The van der Waals surface area contributed by atoms with Gasteiger partial charge in [0, 0.05) is 5.56 Å². The lowest BCUT2D eigenvalue weighted by Crippen LogP contribution is -2.06. The molecule has 0 unspecified atom stereocenters. The van der Waals surface area contributed by atoms with Gasteiger partial charge in [0.15, 0.2) is 28.8 Å². The fourth-order valence-electron chi connectivity index (χ4n) is 1.98. The molecule has 4 nitrogen and oxygen atoms in total. The molecule has 0 aliphatic heterocycles. The first-order chi connectivity index (χ1) is 10.1. The van der Waals surface area contributed by atoms with Crippen LogP contribution in [0.15, 0.2) is 36.4 Å². The van der Waals surface area contributed by atoms with E-state index in [-0.39, 0.29) is 11.3 Å². The topological polar surface area (TPSA) is 44.8 Å². The Bertz CT molecular complexity index is 667. The van der Waals surface area contributed by atoms with Crippen molar-refractivity contribution in [2.24, 2.45) is 0 Å². The van der Waals surface area contributed by atoms with Crippen molar-refractivity contribution < 1.29 is 23.4 Å². The van der Waals surface area contributed by atoms with E-state index in [1.165, 1.54) is 39.5 Å². The molecule has 0 aromatic heterocycles. The Kier molecular flexibility index (Phi) is 4.42. The minimum atomic E-state index is -0.681. The molecule has 5 heteroatoms. The second-order valence-corrected chi connectivity index (χ2v) is 4.22. The lowest BCUT2D eigenvalue weighted by molar-refractivity contribution is 0.103. The van der Waals surface area contributed by atoms with Gasteiger partial charge in [-0.05, 0) is 30.3 Å². The van der Waals surface area contributed by atoms with Crippen molar-refractivity contribution in [3.8, 4) is 17.2 Å². The van der Waals surface area contributed by atoms with E-state index < -0.39 is 11.6 Å². The average Bonchev–Trinajstić information content (AvgIpc) is 2.53. The third-order valence-electron chi connectivity index (χ3n) is 3.07. The zero-order valence-corrected chi connectivity index (χ0v) is 12.0. The molecule has 0 aliphatic carbocycles. The molecule has 0 N–H and O–H groups in total. The Balaban J connectivity index is 2.45. The second kappa shape index (κ2) is 6.26. The molecule has 2 aromatic carbocycles. The van der Waals surface area contributed by atoms with Crippen LogP contribution < -0.4 is 14.2 Å². The Hall–Kier alpha value is -2.56. The first kappa shape index (κ1) is 14.8. The molecule has 0 bridgehead atoms. The van der Waals surface area contributed by atoms with E-state index in [0.29, 0.717) is 17.1 Å². The highest BCUT2D eigenvalue weighted by Crippen LogP contribution is 2.29. The number of halogens is 1. The van der Waals surface area contributed by atoms with Gasteiger partial charge in [-0.3, -0.25) is 4.79 Å². The van der Waals surface area contributed by atoms with Crippen LogP contribution in [0.25, 0.3) is 0 Å². The maximum atomic E-state index is 14.1. The van der Waals surface area contributed by atoms with Gasteiger partial charge in [0.25, 0.3) is 0 Å². The maximum absolute atomic E-state index is 14.1. The van der Waals surface area contributed by atoms with Crippen LogP contribution in [0.5, 0.6) is 17.2 Å². The summed E-state index contributed by atoms with van der Waals surface area (Å²) in [5, 5.41) is 0. The van der Waals surface area contributed by atoms with Gasteiger partial charge < -0.3 is 14.2 Å². The zero-order valence-electron chi connectivity index (χ0n) is 12.0. The molecule has 0 atom stereocenters. The van der Waals surface area contributed by atoms with Gasteiger partial charge in [0.1, 0.15) is 0 Å². The Labute approximate surface area is 122 Å². The minimum Gasteiger partial charge on any atom is -0.494 e. The molecular formula is C16H15FO4. The fraction of sp³-hybridized carbons (Fsp3) is 0.188. The third-order valence-corrected chi connectivity index (χ3v) is 3.07. The van der Waals surface area contributed by atoms with Crippen molar-refractivity contribution in [2.75, 3.05) is 21.3 Å². The summed E-state index contributed by atoms with van der Waals surface area (Å²) >= 11 is 0. The van der Waals surface area contributed by atoms with Gasteiger partial charge in [-0.25, -0.2) is 4.39 Å². The Morgan fingerprint density at radius 3 is 2.19 bits per heavy atom. The lowest BCUT2D eigenvalue weighted by Gasteiger charge is -2.10. The number of methoxy groups -OCH3 is 3. The number of carbonyl (C=O) groups excluding carboxylic acids is 1. The van der Waals surface area contributed by atoms with Crippen LogP contribution in [0.3, 0.4) is 0 Å². The van der Waals surface area contributed by atoms with Crippen LogP contribution in [0.4, 0.5) is 4.39 Å². The van der Waals surface area contributed by atoms with Crippen molar-refractivity contribution in [1.29, 1.82) is 0 Å². The largest absolute Gasteiger partial charge is 0.494 e. The van der Waals surface area contributed by atoms with Gasteiger partial charge in [-0.15, -0.1) is 0 Å². The molecule has 0 saturated heterocycles. The average molecular weight is 290 g/mol. The van der Waals surface area contributed by atoms with Crippen LogP contribution in [0.2, 0.25) is 0 Å². The number of rotatable bonds is 5. The van der Waals surface area contributed by atoms with E-state index in [1.54, 1.807) is 18.2 Å². The minimum absolute atomic E-state index is 0.0290. The van der Waals surface area contributed by atoms with E-state index in [2.05, 4.69) is 0 Å². The number of hydrogen-bond donors (Lipinski definition) is 0. The predicted molar refractivity (Wildman–Crippen MR) is 75.9 cm³/mol. The molecule has 0 aliphatic rings. The smallest absolute Gasteiger partial charge is 0.196 e. The summed E-state index contributed by atoms with van der Waals surface area (Å²) in [6.45, 7) is 0. The Morgan fingerprint density at radius 1 is 0.905 bits per heavy atom. The van der Waals surface area contributed by atoms with Crippen LogP contribution in [-0.2, 0) is 0 Å². The fourth-order valence-corrected chi connectivity index (χ4v) is 1.98. The normalized spacial score (nSPS) is 10.1. The summed E-state index contributed by atoms with van der Waals surface area (Å²) < 4.78 is 29.3. The van der Waals surface area contributed by atoms with E-state index >= 15 is 0 Å². The van der Waals surface area contributed by atoms with Crippen molar-refractivity contribution >= 4 is 5.78 Å². The van der Waals surface area contributed by atoms with Crippen LogP contribution in [0, 0.1) is 5.82 Å². The van der Waals surface area contributed by atoms with Gasteiger partial charge in [0.2, 0.25) is 0 Å². The summed E-state index contributed by atoms with van der Waals surface area (Å²) in [5.41, 5.74) is 0.251. The number of ether oxygens (including phenoxy) is 3. The third kappa shape index (κ3) is 2.81. The monoisotopic (exact) mass is 290 g/mol. The molecule has 0 heterocycles. The first-order valence-corrected chi connectivity index (χ1v) is 6.21. The SMILES string of the molecule is COc1ccc(C(=O)c2cccc(OC)c2F)cc1OC. The summed E-state index contributed by atoms with van der Waals surface area (Å²) in [4.78, 5) is 12.4. The van der Waals surface area contributed by atoms with E-state index in [0.717, 1.165) is 0 Å². The zero-order chi connectivity index (χ0) is 15.4. The van der Waals surface area contributed by atoms with Gasteiger partial charge in [-0.2, -0.15) is 0 Å². The number of ketones is 1. The van der Waals surface area contributed by atoms with E-state index in [1.807, 2.05) is 0 Å². The van der Waals surface area contributed by atoms with Crippen molar-refractivity contribution in [3.05, 3.63) is 53.3 Å². The highest BCUT2D eigenvalue weighted by Gasteiger charge is 2.18. The van der Waals surface area contributed by atoms with Crippen LogP contribution in [0.1, 0.15) is 15.9 Å². The van der Waals surface area contributed by atoms with Crippen molar-refractivity contribution in [3.63, 3.8) is 0 Å². The van der Waals surface area contributed by atoms with Crippen LogP contribution in [-0.4, -0.2) is 27.1 Å². The molecule has 0 radical (unpaired) electrons. The van der Waals surface area contributed by atoms with Crippen LogP contribution >= 0.6 is 0 Å². The number of carbonyl (C=O) groups is 1. The molecule has 2 rings (SSSR count). The molecule has 0 amide bonds. The Morgan fingerprint density at radius 2 is 1.57 bits per heavy atom. The maximum Gasteiger partial charge on any atom is 0.196 e. The first-order valence-electron chi connectivity index (χ1n) is 6.21. The van der Waals surface area contributed by atoms with Crippen molar-refractivity contribution in [1.82, 2.24) is 0 Å². The molecule has 110 valence electrons. The highest BCUT2D eigenvalue weighted by molar-refractivity contribution is 6.09. The summed E-state index contributed by atoms with van der Waals surface area (Å²) in [5.74, 6) is -0.194. The molecule has 0 spiro atoms. The molecule has 0 fully saturated rings. The van der Waals surface area contributed by atoms with E-state index in [9.17, 15) is 9.18 Å².